The summed E-state index contributed by atoms with van der Waals surface area (Å²) in [5.74, 6) is -0.471. The number of imide groups is 1. The molecule has 0 atom stereocenters. The van der Waals surface area contributed by atoms with Gasteiger partial charge in [-0.3, -0.25) is 19.3 Å². The van der Waals surface area contributed by atoms with E-state index in [1.54, 1.807) is 6.92 Å². The van der Waals surface area contributed by atoms with Crippen LogP contribution in [0.2, 0.25) is 0 Å². The summed E-state index contributed by atoms with van der Waals surface area (Å²) < 4.78 is 0. The summed E-state index contributed by atoms with van der Waals surface area (Å²) in [6.07, 6.45) is 3.85. The lowest BCUT2D eigenvalue weighted by atomic mass is 9.76. The number of amides is 3. The van der Waals surface area contributed by atoms with Crippen LogP contribution in [0.15, 0.2) is 12.2 Å². The number of hydrogen-bond donors (Lipinski definition) is 0. The fraction of sp³-hybridized carbons (Fsp3) is 0.667. The standard InChI is InChI=1S/C15H22N2O3/c1-10(18)17-14(2,3)8-11(9-15(17,4)5)16-12(19)6-7-13(16)20/h6-7,11H,8-9H2,1-5H3. The first-order valence-electron chi connectivity index (χ1n) is 6.92. The zero-order valence-electron chi connectivity index (χ0n) is 12.8. The topological polar surface area (TPSA) is 57.7 Å². The molecule has 110 valence electrons. The summed E-state index contributed by atoms with van der Waals surface area (Å²) >= 11 is 0. The number of carbonyl (C=O) groups excluding carboxylic acids is 3. The highest BCUT2D eigenvalue weighted by molar-refractivity contribution is 6.13. The molecule has 0 aliphatic carbocycles. The summed E-state index contributed by atoms with van der Waals surface area (Å²) in [6, 6.07) is -0.161. The molecule has 0 unspecified atom stereocenters. The Morgan fingerprint density at radius 1 is 1.05 bits per heavy atom. The van der Waals surface area contributed by atoms with Gasteiger partial charge in [0.05, 0.1) is 0 Å². The van der Waals surface area contributed by atoms with E-state index >= 15 is 0 Å². The van der Waals surface area contributed by atoms with Gasteiger partial charge in [-0.2, -0.15) is 0 Å². The van der Waals surface area contributed by atoms with Crippen molar-refractivity contribution in [1.82, 2.24) is 9.80 Å². The molecule has 2 rings (SSSR count). The fourth-order valence-corrected chi connectivity index (χ4v) is 4.03. The highest BCUT2D eigenvalue weighted by Crippen LogP contribution is 2.40. The minimum absolute atomic E-state index is 0.0238. The van der Waals surface area contributed by atoms with E-state index in [1.807, 2.05) is 32.6 Å². The smallest absolute Gasteiger partial charge is 0.253 e. The van der Waals surface area contributed by atoms with E-state index in [-0.39, 0.29) is 34.8 Å². The first kappa shape index (κ1) is 14.8. The highest BCUT2D eigenvalue weighted by atomic mass is 16.2. The van der Waals surface area contributed by atoms with Crippen molar-refractivity contribution >= 4 is 17.7 Å². The Balaban J connectivity index is 2.32. The van der Waals surface area contributed by atoms with E-state index in [0.717, 1.165) is 0 Å². The van der Waals surface area contributed by atoms with Crippen LogP contribution in [0.3, 0.4) is 0 Å². The van der Waals surface area contributed by atoms with Crippen molar-refractivity contribution in [1.29, 1.82) is 0 Å². The van der Waals surface area contributed by atoms with Crippen LogP contribution in [0.1, 0.15) is 47.5 Å². The maximum atomic E-state index is 12.0. The van der Waals surface area contributed by atoms with Crippen LogP contribution in [-0.2, 0) is 14.4 Å². The number of piperidine rings is 1. The largest absolute Gasteiger partial charge is 0.333 e. The van der Waals surface area contributed by atoms with E-state index in [4.69, 9.17) is 0 Å². The third-order valence-electron chi connectivity index (χ3n) is 4.20. The third-order valence-corrected chi connectivity index (χ3v) is 4.20. The number of rotatable bonds is 1. The van der Waals surface area contributed by atoms with Gasteiger partial charge in [0, 0.05) is 36.2 Å². The lowest BCUT2D eigenvalue weighted by molar-refractivity contribution is -0.154. The van der Waals surface area contributed by atoms with Gasteiger partial charge in [-0.15, -0.1) is 0 Å². The van der Waals surface area contributed by atoms with Crippen LogP contribution in [0, 0.1) is 0 Å². The van der Waals surface area contributed by atoms with Gasteiger partial charge in [-0.1, -0.05) is 0 Å². The molecular weight excluding hydrogens is 256 g/mol. The second-order valence-electron chi connectivity index (χ2n) is 6.92. The molecule has 1 saturated heterocycles. The molecule has 3 amide bonds. The molecule has 0 N–H and O–H groups in total. The Hall–Kier alpha value is -1.65. The second-order valence-corrected chi connectivity index (χ2v) is 6.92. The first-order valence-corrected chi connectivity index (χ1v) is 6.92. The number of nitrogens with zero attached hydrogens (tertiary/aromatic N) is 2. The predicted molar refractivity (Wildman–Crippen MR) is 74.7 cm³/mol. The highest BCUT2D eigenvalue weighted by Gasteiger charge is 2.49. The molecule has 2 heterocycles. The molecule has 0 bridgehead atoms. The van der Waals surface area contributed by atoms with Gasteiger partial charge < -0.3 is 4.90 Å². The molecule has 0 aromatic carbocycles. The van der Waals surface area contributed by atoms with E-state index < -0.39 is 0 Å². The van der Waals surface area contributed by atoms with E-state index in [2.05, 4.69) is 0 Å². The fourth-order valence-electron chi connectivity index (χ4n) is 4.03. The van der Waals surface area contributed by atoms with Crippen LogP contribution >= 0.6 is 0 Å². The maximum absolute atomic E-state index is 12.0. The average molecular weight is 278 g/mol. The molecule has 0 spiro atoms. The normalized spacial score (nSPS) is 25.4. The van der Waals surface area contributed by atoms with Crippen LogP contribution in [0.5, 0.6) is 0 Å². The molecule has 2 aliphatic rings. The van der Waals surface area contributed by atoms with Crippen molar-refractivity contribution in [2.75, 3.05) is 0 Å². The Morgan fingerprint density at radius 3 is 1.80 bits per heavy atom. The molecule has 1 fully saturated rings. The quantitative estimate of drug-likeness (QED) is 0.683. The summed E-state index contributed by atoms with van der Waals surface area (Å²) in [7, 11) is 0. The molecule has 0 saturated carbocycles. The molecule has 5 heteroatoms. The molecule has 0 aromatic heterocycles. The summed E-state index contributed by atoms with van der Waals surface area (Å²) in [4.78, 5) is 38.9. The SMILES string of the molecule is CC(=O)N1C(C)(C)CC(N2C(=O)C=CC2=O)CC1(C)C. The maximum Gasteiger partial charge on any atom is 0.253 e. The van der Waals surface area contributed by atoms with Gasteiger partial charge in [-0.25, -0.2) is 0 Å². The Labute approximate surface area is 119 Å². The van der Waals surface area contributed by atoms with Crippen LogP contribution in [0.4, 0.5) is 0 Å². The van der Waals surface area contributed by atoms with Crippen molar-refractivity contribution in [2.24, 2.45) is 0 Å². The van der Waals surface area contributed by atoms with E-state index in [1.165, 1.54) is 17.1 Å². The minimum atomic E-state index is -0.387. The lowest BCUT2D eigenvalue weighted by Crippen LogP contribution is -2.66. The lowest BCUT2D eigenvalue weighted by Gasteiger charge is -2.56. The van der Waals surface area contributed by atoms with Crippen LogP contribution in [-0.4, -0.2) is 44.6 Å². The van der Waals surface area contributed by atoms with Gasteiger partial charge in [-0.05, 0) is 40.5 Å². The Bertz CT molecular complexity index is 469. The molecule has 0 radical (unpaired) electrons. The Kier molecular flexibility index (Phi) is 3.27. The van der Waals surface area contributed by atoms with Crippen LogP contribution < -0.4 is 0 Å². The number of likely N-dealkylation sites (tertiary alicyclic amines) is 1. The monoisotopic (exact) mass is 278 g/mol. The summed E-state index contributed by atoms with van der Waals surface area (Å²) in [5, 5.41) is 0. The summed E-state index contributed by atoms with van der Waals surface area (Å²) in [5.41, 5.74) is -0.775. The van der Waals surface area contributed by atoms with E-state index in [0.29, 0.717) is 12.8 Å². The van der Waals surface area contributed by atoms with Gasteiger partial charge in [0.2, 0.25) is 5.91 Å². The second kappa shape index (κ2) is 4.43. The van der Waals surface area contributed by atoms with Crippen molar-refractivity contribution in [2.45, 2.75) is 64.6 Å². The molecular formula is C15H22N2O3. The van der Waals surface area contributed by atoms with Crippen molar-refractivity contribution in [3.05, 3.63) is 12.2 Å². The summed E-state index contributed by atoms with van der Waals surface area (Å²) in [6.45, 7) is 9.51. The average Bonchev–Trinajstić information content (AvgIpc) is 2.53. The van der Waals surface area contributed by atoms with Crippen molar-refractivity contribution in [3.8, 4) is 0 Å². The molecule has 0 aromatic rings. The molecule has 5 nitrogen and oxygen atoms in total. The van der Waals surface area contributed by atoms with Gasteiger partial charge in [0.1, 0.15) is 0 Å². The van der Waals surface area contributed by atoms with Crippen molar-refractivity contribution < 1.29 is 14.4 Å². The Morgan fingerprint density at radius 2 is 1.45 bits per heavy atom. The molecule has 2 aliphatic heterocycles. The van der Waals surface area contributed by atoms with Gasteiger partial charge in [0.15, 0.2) is 0 Å². The van der Waals surface area contributed by atoms with Crippen LogP contribution in [0.25, 0.3) is 0 Å². The first-order chi connectivity index (χ1) is 9.06. The zero-order chi connectivity index (χ0) is 15.3. The number of hydrogen-bond acceptors (Lipinski definition) is 3. The van der Waals surface area contributed by atoms with Gasteiger partial charge in [0.25, 0.3) is 11.8 Å². The third kappa shape index (κ3) is 2.25. The van der Waals surface area contributed by atoms with Crippen molar-refractivity contribution in [3.63, 3.8) is 0 Å². The predicted octanol–water partition coefficient (Wildman–Crippen LogP) is 1.48. The number of carbonyl (C=O) groups is 3. The van der Waals surface area contributed by atoms with Gasteiger partial charge >= 0.3 is 0 Å². The van der Waals surface area contributed by atoms with E-state index in [9.17, 15) is 14.4 Å². The zero-order valence-corrected chi connectivity index (χ0v) is 12.8. The molecule has 20 heavy (non-hydrogen) atoms. The minimum Gasteiger partial charge on any atom is -0.333 e.